The standard InChI is InChI=1S/C12H18Br2N2S/c1-3-10-12(14)11(16(4-2)15-10)5-8-6-17-7-9(8)13/h8-9H,3-7H2,1-2H3. The molecule has 0 aromatic carbocycles. The predicted molar refractivity (Wildman–Crippen MR) is 82.2 cm³/mol. The molecule has 2 unspecified atom stereocenters. The van der Waals surface area contributed by atoms with Gasteiger partial charge in [0.05, 0.1) is 15.9 Å². The number of thioether (sulfide) groups is 1. The number of halogens is 2. The van der Waals surface area contributed by atoms with Crippen LogP contribution in [0, 0.1) is 5.92 Å². The Morgan fingerprint density at radius 3 is 2.71 bits per heavy atom. The lowest BCUT2D eigenvalue weighted by Gasteiger charge is -2.14. The fourth-order valence-electron chi connectivity index (χ4n) is 2.22. The Hall–Kier alpha value is 0.520. The average molecular weight is 382 g/mol. The van der Waals surface area contributed by atoms with Crippen molar-refractivity contribution in [1.29, 1.82) is 0 Å². The molecule has 0 aliphatic carbocycles. The molecule has 0 N–H and O–H groups in total. The first-order valence-electron chi connectivity index (χ1n) is 6.13. The molecule has 17 heavy (non-hydrogen) atoms. The molecule has 2 atom stereocenters. The summed E-state index contributed by atoms with van der Waals surface area (Å²) in [6.07, 6.45) is 2.13. The van der Waals surface area contributed by atoms with Gasteiger partial charge in [-0.2, -0.15) is 16.9 Å². The van der Waals surface area contributed by atoms with Crippen molar-refractivity contribution in [3.63, 3.8) is 0 Å². The van der Waals surface area contributed by atoms with Crippen molar-refractivity contribution in [3.8, 4) is 0 Å². The first-order chi connectivity index (χ1) is 8.17. The van der Waals surface area contributed by atoms with E-state index in [1.807, 2.05) is 11.8 Å². The van der Waals surface area contributed by atoms with E-state index >= 15 is 0 Å². The molecule has 96 valence electrons. The Morgan fingerprint density at radius 2 is 2.18 bits per heavy atom. The van der Waals surface area contributed by atoms with Crippen molar-refractivity contribution < 1.29 is 0 Å². The number of alkyl halides is 1. The maximum atomic E-state index is 4.66. The predicted octanol–water partition coefficient (Wildman–Crippen LogP) is 3.90. The highest BCUT2D eigenvalue weighted by molar-refractivity contribution is 9.10. The second-order valence-electron chi connectivity index (χ2n) is 4.39. The number of aryl methyl sites for hydroxylation is 2. The van der Waals surface area contributed by atoms with E-state index in [1.165, 1.54) is 27.4 Å². The summed E-state index contributed by atoms with van der Waals surface area (Å²) >= 11 is 9.57. The second kappa shape index (κ2) is 6.11. The molecule has 2 rings (SSSR count). The first-order valence-corrected chi connectivity index (χ1v) is 8.99. The summed E-state index contributed by atoms with van der Waals surface area (Å²) < 4.78 is 3.39. The summed E-state index contributed by atoms with van der Waals surface area (Å²) in [5.41, 5.74) is 2.57. The molecule has 2 heterocycles. The summed E-state index contributed by atoms with van der Waals surface area (Å²) in [5.74, 6) is 3.24. The lowest BCUT2D eigenvalue weighted by atomic mass is 10.0. The molecule has 0 saturated carbocycles. The molecule has 1 aliphatic heterocycles. The van der Waals surface area contributed by atoms with E-state index in [9.17, 15) is 0 Å². The molecule has 1 saturated heterocycles. The van der Waals surface area contributed by atoms with Crippen LogP contribution in [-0.2, 0) is 19.4 Å². The van der Waals surface area contributed by atoms with Crippen LogP contribution in [0.1, 0.15) is 25.2 Å². The smallest absolute Gasteiger partial charge is 0.0766 e. The molecule has 2 nitrogen and oxygen atoms in total. The molecule has 1 fully saturated rings. The van der Waals surface area contributed by atoms with Crippen LogP contribution in [0.4, 0.5) is 0 Å². The van der Waals surface area contributed by atoms with Crippen molar-refractivity contribution in [2.75, 3.05) is 11.5 Å². The average Bonchev–Trinajstić information content (AvgIpc) is 2.86. The SMILES string of the molecule is CCc1nn(CC)c(CC2CSCC2Br)c1Br. The van der Waals surface area contributed by atoms with Gasteiger partial charge in [-0.05, 0) is 47.4 Å². The van der Waals surface area contributed by atoms with E-state index in [0.29, 0.717) is 4.83 Å². The van der Waals surface area contributed by atoms with Crippen LogP contribution in [0.15, 0.2) is 4.47 Å². The van der Waals surface area contributed by atoms with Gasteiger partial charge in [-0.3, -0.25) is 4.68 Å². The third-order valence-corrected chi connectivity index (χ3v) is 6.94. The monoisotopic (exact) mass is 380 g/mol. The van der Waals surface area contributed by atoms with Crippen LogP contribution in [-0.4, -0.2) is 26.1 Å². The van der Waals surface area contributed by atoms with Crippen LogP contribution in [0.2, 0.25) is 0 Å². The van der Waals surface area contributed by atoms with Gasteiger partial charge in [0.1, 0.15) is 0 Å². The highest BCUT2D eigenvalue weighted by atomic mass is 79.9. The second-order valence-corrected chi connectivity index (χ2v) is 7.44. The lowest BCUT2D eigenvalue weighted by molar-refractivity contribution is 0.547. The van der Waals surface area contributed by atoms with Crippen molar-refractivity contribution in [2.24, 2.45) is 5.92 Å². The van der Waals surface area contributed by atoms with Gasteiger partial charge in [0.25, 0.3) is 0 Å². The van der Waals surface area contributed by atoms with Crippen LogP contribution < -0.4 is 0 Å². The minimum atomic E-state index is 0.657. The Bertz CT molecular complexity index is 392. The number of aromatic nitrogens is 2. The fraction of sp³-hybridized carbons (Fsp3) is 0.750. The molecular weight excluding hydrogens is 364 g/mol. The van der Waals surface area contributed by atoms with Gasteiger partial charge in [-0.1, -0.05) is 22.9 Å². The van der Waals surface area contributed by atoms with Gasteiger partial charge in [-0.15, -0.1) is 0 Å². The van der Waals surface area contributed by atoms with Crippen LogP contribution in [0.3, 0.4) is 0 Å². The first kappa shape index (κ1) is 13.9. The Balaban J connectivity index is 2.21. The lowest BCUT2D eigenvalue weighted by Crippen LogP contribution is -2.17. The van der Waals surface area contributed by atoms with Crippen LogP contribution >= 0.6 is 43.6 Å². The molecule has 5 heteroatoms. The molecule has 1 aromatic rings. The van der Waals surface area contributed by atoms with Gasteiger partial charge >= 0.3 is 0 Å². The zero-order valence-corrected chi connectivity index (χ0v) is 14.2. The number of rotatable bonds is 4. The van der Waals surface area contributed by atoms with Crippen LogP contribution in [0.25, 0.3) is 0 Å². The normalized spacial score (nSPS) is 24.5. The van der Waals surface area contributed by atoms with E-state index in [2.05, 4.69) is 55.5 Å². The van der Waals surface area contributed by atoms with E-state index in [-0.39, 0.29) is 0 Å². The third kappa shape index (κ3) is 2.92. The van der Waals surface area contributed by atoms with Crippen molar-refractivity contribution in [3.05, 3.63) is 15.9 Å². The molecular formula is C12H18Br2N2S. The summed E-state index contributed by atoms with van der Waals surface area (Å²) in [7, 11) is 0. The molecule has 1 aromatic heterocycles. The quantitative estimate of drug-likeness (QED) is 0.736. The number of hydrogen-bond donors (Lipinski definition) is 0. The topological polar surface area (TPSA) is 17.8 Å². The Labute approximate surface area is 124 Å². The molecule has 0 radical (unpaired) electrons. The summed E-state index contributed by atoms with van der Waals surface area (Å²) in [6, 6.07) is 0. The highest BCUT2D eigenvalue weighted by Gasteiger charge is 2.28. The minimum Gasteiger partial charge on any atom is -0.268 e. The molecule has 0 spiro atoms. The van der Waals surface area contributed by atoms with Crippen molar-refractivity contribution >= 4 is 43.6 Å². The summed E-state index contributed by atoms with van der Waals surface area (Å²) in [4.78, 5) is 0.657. The van der Waals surface area contributed by atoms with E-state index < -0.39 is 0 Å². The van der Waals surface area contributed by atoms with Crippen molar-refractivity contribution in [2.45, 2.75) is 38.1 Å². The van der Waals surface area contributed by atoms with E-state index in [0.717, 1.165) is 25.3 Å². The maximum absolute atomic E-state index is 4.66. The van der Waals surface area contributed by atoms with Crippen LogP contribution in [0.5, 0.6) is 0 Å². The Kier molecular flexibility index (Phi) is 5.01. The molecule has 0 amide bonds. The highest BCUT2D eigenvalue weighted by Crippen LogP contribution is 2.34. The number of hydrogen-bond acceptors (Lipinski definition) is 2. The summed E-state index contributed by atoms with van der Waals surface area (Å²) in [5, 5.41) is 4.66. The summed E-state index contributed by atoms with van der Waals surface area (Å²) in [6.45, 7) is 5.29. The maximum Gasteiger partial charge on any atom is 0.0766 e. The van der Waals surface area contributed by atoms with Gasteiger partial charge in [-0.25, -0.2) is 0 Å². The molecule has 1 aliphatic rings. The van der Waals surface area contributed by atoms with Gasteiger partial charge < -0.3 is 0 Å². The van der Waals surface area contributed by atoms with Crippen molar-refractivity contribution in [1.82, 2.24) is 9.78 Å². The number of nitrogens with zero attached hydrogens (tertiary/aromatic N) is 2. The third-order valence-electron chi connectivity index (χ3n) is 3.27. The van der Waals surface area contributed by atoms with E-state index in [4.69, 9.17) is 0 Å². The van der Waals surface area contributed by atoms with Gasteiger partial charge in [0.2, 0.25) is 0 Å². The minimum absolute atomic E-state index is 0.657. The molecule has 0 bridgehead atoms. The Morgan fingerprint density at radius 1 is 1.41 bits per heavy atom. The van der Waals surface area contributed by atoms with E-state index in [1.54, 1.807) is 0 Å². The zero-order chi connectivity index (χ0) is 12.4. The largest absolute Gasteiger partial charge is 0.268 e. The fourth-order valence-corrected chi connectivity index (χ4v) is 5.41. The van der Waals surface area contributed by atoms with Gasteiger partial charge in [0.15, 0.2) is 0 Å². The van der Waals surface area contributed by atoms with Gasteiger partial charge in [0, 0.05) is 17.1 Å². The zero-order valence-electron chi connectivity index (χ0n) is 10.2.